The molecule has 2 fully saturated rings. The van der Waals surface area contributed by atoms with Gasteiger partial charge in [0.25, 0.3) is 5.56 Å². The van der Waals surface area contributed by atoms with Gasteiger partial charge in [-0.3, -0.25) is 14.2 Å². The summed E-state index contributed by atoms with van der Waals surface area (Å²) in [5.41, 5.74) is 0.551. The third-order valence-electron chi connectivity index (χ3n) is 5.87. The molecule has 2 aromatic rings. The molecular formula is C22H28ClN3O3S. The average Bonchev–Trinajstić information content (AvgIpc) is 2.71. The van der Waals surface area contributed by atoms with Crippen LogP contribution in [0.15, 0.2) is 28.2 Å². The molecule has 1 aliphatic carbocycles. The van der Waals surface area contributed by atoms with Gasteiger partial charge in [0.05, 0.1) is 28.9 Å². The molecular weight excluding hydrogens is 422 g/mol. The van der Waals surface area contributed by atoms with Gasteiger partial charge in [-0.2, -0.15) is 0 Å². The minimum Gasteiger partial charge on any atom is -0.372 e. The lowest BCUT2D eigenvalue weighted by Gasteiger charge is -2.35. The lowest BCUT2D eigenvalue weighted by molar-refractivity contribution is -0.140. The van der Waals surface area contributed by atoms with E-state index in [-0.39, 0.29) is 35.5 Å². The minimum atomic E-state index is -0.0351. The molecule has 1 saturated heterocycles. The number of carbonyl (C=O) groups excluding carboxylic acids is 1. The fourth-order valence-corrected chi connectivity index (χ4v) is 5.65. The van der Waals surface area contributed by atoms with Crippen LogP contribution in [-0.2, 0) is 9.53 Å². The van der Waals surface area contributed by atoms with Crippen LogP contribution < -0.4 is 5.56 Å². The van der Waals surface area contributed by atoms with Gasteiger partial charge in [-0.1, -0.05) is 42.6 Å². The fourth-order valence-electron chi connectivity index (χ4n) is 4.51. The van der Waals surface area contributed by atoms with Crippen LogP contribution in [-0.4, -0.2) is 51.4 Å². The summed E-state index contributed by atoms with van der Waals surface area (Å²) in [5, 5.41) is 1.74. The quantitative estimate of drug-likeness (QED) is 0.514. The van der Waals surface area contributed by atoms with Crippen molar-refractivity contribution in [3.8, 4) is 0 Å². The molecule has 2 unspecified atom stereocenters. The second kappa shape index (κ2) is 9.28. The Balaban J connectivity index is 1.63. The first-order valence-electron chi connectivity index (χ1n) is 10.7. The molecule has 2 aliphatic rings. The standard InChI is InChI=1S/C22H28ClN3O3S/c1-14-11-25(12-15(2)29-14)20(27)13-30-22-24-19-10-16(23)8-9-18(19)21(28)26(22)17-6-4-3-5-7-17/h8-10,14-15,17H,3-7,11-13H2,1-2H3. The number of morpholine rings is 1. The van der Waals surface area contributed by atoms with E-state index in [2.05, 4.69) is 0 Å². The molecule has 4 rings (SSSR count). The molecule has 2 atom stereocenters. The summed E-state index contributed by atoms with van der Waals surface area (Å²) in [6.07, 6.45) is 5.44. The lowest BCUT2D eigenvalue weighted by Crippen LogP contribution is -2.48. The molecule has 8 heteroatoms. The fraction of sp³-hybridized carbons (Fsp3) is 0.591. The number of carbonyl (C=O) groups is 1. The summed E-state index contributed by atoms with van der Waals surface area (Å²) in [6.45, 7) is 5.16. The molecule has 2 heterocycles. The number of amides is 1. The first-order chi connectivity index (χ1) is 14.4. The molecule has 6 nitrogen and oxygen atoms in total. The first-order valence-corrected chi connectivity index (χ1v) is 12.1. The van der Waals surface area contributed by atoms with Crippen molar-refractivity contribution in [3.63, 3.8) is 0 Å². The Morgan fingerprint density at radius 1 is 1.20 bits per heavy atom. The van der Waals surface area contributed by atoms with Crippen molar-refractivity contribution in [3.05, 3.63) is 33.6 Å². The Bertz CT molecular complexity index is 979. The number of rotatable bonds is 4. The van der Waals surface area contributed by atoms with Gasteiger partial charge < -0.3 is 9.64 Å². The van der Waals surface area contributed by atoms with Gasteiger partial charge in [0.2, 0.25) is 5.91 Å². The Hall–Kier alpha value is -1.57. The van der Waals surface area contributed by atoms with Crippen LogP contribution in [0.5, 0.6) is 0 Å². The first kappa shape index (κ1) is 21.7. The van der Waals surface area contributed by atoms with Crippen LogP contribution in [0.25, 0.3) is 10.9 Å². The second-order valence-corrected chi connectivity index (χ2v) is 9.75. The van der Waals surface area contributed by atoms with Crippen LogP contribution in [0.2, 0.25) is 5.02 Å². The number of ether oxygens (including phenoxy) is 1. The van der Waals surface area contributed by atoms with Gasteiger partial charge >= 0.3 is 0 Å². The van der Waals surface area contributed by atoms with Gasteiger partial charge in [-0.25, -0.2) is 4.98 Å². The van der Waals surface area contributed by atoms with E-state index in [1.54, 1.807) is 18.2 Å². The van der Waals surface area contributed by atoms with Gasteiger partial charge in [-0.15, -0.1) is 0 Å². The highest BCUT2D eigenvalue weighted by molar-refractivity contribution is 7.99. The highest BCUT2D eigenvalue weighted by atomic mass is 35.5. The highest BCUT2D eigenvalue weighted by Gasteiger charge is 2.27. The summed E-state index contributed by atoms with van der Waals surface area (Å²) >= 11 is 7.50. The third-order valence-corrected chi connectivity index (χ3v) is 7.04. The van der Waals surface area contributed by atoms with E-state index < -0.39 is 0 Å². The number of halogens is 1. The van der Waals surface area contributed by atoms with Crippen LogP contribution in [0.4, 0.5) is 0 Å². The maximum atomic E-state index is 13.3. The van der Waals surface area contributed by atoms with Crippen molar-refractivity contribution in [1.82, 2.24) is 14.5 Å². The molecule has 1 aliphatic heterocycles. The largest absolute Gasteiger partial charge is 0.372 e. The van der Waals surface area contributed by atoms with E-state index in [1.165, 1.54) is 18.2 Å². The molecule has 1 saturated carbocycles. The Kier molecular flexibility index (Phi) is 6.70. The van der Waals surface area contributed by atoms with Crippen molar-refractivity contribution in [2.45, 2.75) is 69.4 Å². The number of aromatic nitrogens is 2. The molecule has 0 spiro atoms. The van der Waals surface area contributed by atoms with Gasteiger partial charge in [0.15, 0.2) is 5.16 Å². The topological polar surface area (TPSA) is 64.4 Å². The Morgan fingerprint density at radius 2 is 1.90 bits per heavy atom. The maximum absolute atomic E-state index is 13.3. The number of nitrogens with zero attached hydrogens (tertiary/aromatic N) is 3. The molecule has 0 N–H and O–H groups in total. The van der Waals surface area contributed by atoms with E-state index in [4.69, 9.17) is 21.3 Å². The summed E-state index contributed by atoms with van der Waals surface area (Å²) < 4.78 is 7.56. The number of thioether (sulfide) groups is 1. The number of hydrogen-bond donors (Lipinski definition) is 0. The third kappa shape index (κ3) is 4.68. The van der Waals surface area contributed by atoms with Crippen LogP contribution in [0, 0.1) is 0 Å². The molecule has 1 amide bonds. The zero-order valence-electron chi connectivity index (χ0n) is 17.5. The van der Waals surface area contributed by atoms with Crippen LogP contribution >= 0.6 is 23.4 Å². The summed E-state index contributed by atoms with van der Waals surface area (Å²) in [7, 11) is 0. The van der Waals surface area contributed by atoms with Crippen molar-refractivity contribution in [2.24, 2.45) is 0 Å². The zero-order chi connectivity index (χ0) is 21.3. The highest BCUT2D eigenvalue weighted by Crippen LogP contribution is 2.31. The number of benzene rings is 1. The van der Waals surface area contributed by atoms with Gasteiger partial charge in [0.1, 0.15) is 0 Å². The number of fused-ring (bicyclic) bond motifs is 1. The Morgan fingerprint density at radius 3 is 2.60 bits per heavy atom. The molecule has 1 aromatic carbocycles. The number of hydrogen-bond acceptors (Lipinski definition) is 5. The van der Waals surface area contributed by atoms with E-state index in [0.29, 0.717) is 34.2 Å². The van der Waals surface area contributed by atoms with Crippen molar-refractivity contribution >= 4 is 40.2 Å². The van der Waals surface area contributed by atoms with E-state index in [9.17, 15) is 9.59 Å². The molecule has 0 bridgehead atoms. The van der Waals surface area contributed by atoms with Crippen molar-refractivity contribution < 1.29 is 9.53 Å². The minimum absolute atomic E-state index is 0.0315. The van der Waals surface area contributed by atoms with Crippen molar-refractivity contribution in [2.75, 3.05) is 18.8 Å². The molecule has 1 aromatic heterocycles. The van der Waals surface area contributed by atoms with Gasteiger partial charge in [-0.05, 0) is 44.9 Å². The van der Waals surface area contributed by atoms with E-state index >= 15 is 0 Å². The SMILES string of the molecule is CC1CN(C(=O)CSc2nc3cc(Cl)ccc3c(=O)n2C2CCCCC2)CC(C)O1. The maximum Gasteiger partial charge on any atom is 0.262 e. The normalized spacial score (nSPS) is 23.1. The monoisotopic (exact) mass is 449 g/mol. The predicted octanol–water partition coefficient (Wildman–Crippen LogP) is 4.28. The molecule has 0 radical (unpaired) electrons. The zero-order valence-corrected chi connectivity index (χ0v) is 19.0. The summed E-state index contributed by atoms with van der Waals surface area (Å²) in [6, 6.07) is 5.35. The van der Waals surface area contributed by atoms with Gasteiger partial charge in [0, 0.05) is 24.2 Å². The molecule has 30 heavy (non-hydrogen) atoms. The second-order valence-electron chi connectivity index (χ2n) is 8.37. The van der Waals surface area contributed by atoms with Crippen molar-refractivity contribution in [1.29, 1.82) is 0 Å². The molecule has 162 valence electrons. The summed E-state index contributed by atoms with van der Waals surface area (Å²) in [4.78, 5) is 32.8. The van der Waals surface area contributed by atoms with E-state index in [1.807, 2.05) is 23.3 Å². The predicted molar refractivity (Wildman–Crippen MR) is 120 cm³/mol. The Labute approximate surface area is 185 Å². The smallest absolute Gasteiger partial charge is 0.262 e. The lowest BCUT2D eigenvalue weighted by atomic mass is 9.95. The average molecular weight is 450 g/mol. The summed E-state index contributed by atoms with van der Waals surface area (Å²) in [5.74, 6) is 0.308. The van der Waals surface area contributed by atoms with Crippen LogP contribution in [0.3, 0.4) is 0 Å². The van der Waals surface area contributed by atoms with E-state index in [0.717, 1.165) is 25.7 Å². The van der Waals surface area contributed by atoms with Crippen LogP contribution in [0.1, 0.15) is 52.0 Å².